The topological polar surface area (TPSA) is 94.3 Å². The fraction of sp³-hybridized carbons (Fsp3) is 0.0952. The fourth-order valence-corrected chi connectivity index (χ4v) is 3.06. The Morgan fingerprint density at radius 2 is 1.79 bits per heavy atom. The van der Waals surface area contributed by atoms with E-state index in [1.165, 1.54) is 6.33 Å². The van der Waals surface area contributed by atoms with Crippen molar-refractivity contribution in [2.24, 2.45) is 0 Å². The summed E-state index contributed by atoms with van der Waals surface area (Å²) in [4.78, 5) is 25.5. The number of pyridine rings is 1. The van der Waals surface area contributed by atoms with Crippen molar-refractivity contribution < 1.29 is 9.66 Å². The van der Waals surface area contributed by atoms with Crippen molar-refractivity contribution in [1.29, 1.82) is 0 Å². The molecule has 2 aromatic heterocycles. The Bertz CT molecular complexity index is 1160. The number of ether oxygens (including phenoxy) is 1. The maximum Gasteiger partial charge on any atom is 0.373 e. The average Bonchev–Trinajstić information content (AvgIpc) is 2.74. The van der Waals surface area contributed by atoms with E-state index in [-0.39, 0.29) is 17.4 Å². The molecular weight excluding hydrogens is 370 g/mol. The second-order valence-electron chi connectivity index (χ2n) is 6.38. The molecule has 0 saturated carbocycles. The number of fused-ring (bicyclic) bond motifs is 1. The lowest BCUT2D eigenvalue weighted by Gasteiger charge is -2.18. The molecule has 4 aromatic rings. The van der Waals surface area contributed by atoms with E-state index in [0.29, 0.717) is 17.8 Å². The van der Waals surface area contributed by atoms with E-state index in [9.17, 15) is 10.1 Å². The molecule has 8 heteroatoms. The first kappa shape index (κ1) is 18.3. The van der Waals surface area contributed by atoms with Crippen molar-refractivity contribution in [3.8, 4) is 11.6 Å². The first-order valence-electron chi connectivity index (χ1n) is 8.89. The highest BCUT2D eigenvalue weighted by molar-refractivity contribution is 5.84. The van der Waals surface area contributed by atoms with Crippen molar-refractivity contribution in [3.63, 3.8) is 0 Å². The van der Waals surface area contributed by atoms with E-state index in [1.807, 2.05) is 48.5 Å². The minimum atomic E-state index is -0.523. The van der Waals surface area contributed by atoms with Crippen LogP contribution in [0.3, 0.4) is 0 Å². The molecule has 0 spiro atoms. The summed E-state index contributed by atoms with van der Waals surface area (Å²) in [7, 11) is 1.74. The van der Waals surface area contributed by atoms with Crippen molar-refractivity contribution in [2.75, 3.05) is 11.9 Å². The van der Waals surface area contributed by atoms with E-state index < -0.39 is 4.92 Å². The summed E-state index contributed by atoms with van der Waals surface area (Å²) in [5.74, 6) is 0.441. The van der Waals surface area contributed by atoms with E-state index in [1.54, 1.807) is 30.3 Å². The van der Waals surface area contributed by atoms with E-state index in [4.69, 9.17) is 4.74 Å². The average molecular weight is 387 g/mol. The number of hydrogen-bond donors (Lipinski definition) is 0. The number of aromatic nitrogens is 3. The van der Waals surface area contributed by atoms with Crippen LogP contribution in [0.25, 0.3) is 10.9 Å². The molecule has 2 heterocycles. The van der Waals surface area contributed by atoms with Crippen molar-refractivity contribution >= 4 is 22.4 Å². The Hall–Kier alpha value is -4.07. The quantitative estimate of drug-likeness (QED) is 0.358. The van der Waals surface area contributed by atoms with Gasteiger partial charge in [-0.1, -0.05) is 48.5 Å². The minimum Gasteiger partial charge on any atom is -0.431 e. The molecule has 0 fully saturated rings. The molecule has 0 radical (unpaired) electrons. The standard InChI is InChI=1S/C21H17N5O3/c1-25(13-15-7-3-2-4-8-15)20-19(26(27)28)21(24-14-23-20)29-17-11-5-9-16-10-6-12-22-18(16)17/h2-12,14H,13H2,1H3. The van der Waals surface area contributed by atoms with Gasteiger partial charge in [-0.25, -0.2) is 4.98 Å². The lowest BCUT2D eigenvalue weighted by molar-refractivity contribution is -0.385. The van der Waals surface area contributed by atoms with Gasteiger partial charge in [0, 0.05) is 25.2 Å². The van der Waals surface area contributed by atoms with Crippen LogP contribution in [0.4, 0.5) is 11.5 Å². The third-order valence-electron chi connectivity index (χ3n) is 4.38. The molecule has 0 saturated heterocycles. The van der Waals surface area contributed by atoms with Crippen molar-refractivity contribution in [1.82, 2.24) is 15.0 Å². The van der Waals surface area contributed by atoms with Crippen molar-refractivity contribution in [3.05, 3.63) is 88.9 Å². The number of hydrogen-bond acceptors (Lipinski definition) is 7. The normalized spacial score (nSPS) is 10.7. The summed E-state index contributed by atoms with van der Waals surface area (Å²) in [5, 5.41) is 12.7. The van der Waals surface area contributed by atoms with Gasteiger partial charge in [0.1, 0.15) is 11.8 Å². The van der Waals surface area contributed by atoms with Gasteiger partial charge in [-0.3, -0.25) is 15.1 Å². The highest BCUT2D eigenvalue weighted by Crippen LogP contribution is 2.37. The molecule has 0 unspecified atom stereocenters. The summed E-state index contributed by atoms with van der Waals surface area (Å²) in [5.41, 5.74) is 1.31. The Morgan fingerprint density at radius 3 is 2.59 bits per heavy atom. The Labute approximate surface area is 166 Å². The van der Waals surface area contributed by atoms with E-state index in [0.717, 1.165) is 10.9 Å². The van der Waals surface area contributed by atoms with E-state index >= 15 is 0 Å². The van der Waals surface area contributed by atoms with Crippen LogP contribution >= 0.6 is 0 Å². The maximum atomic E-state index is 11.9. The summed E-state index contributed by atoms with van der Waals surface area (Å²) in [6, 6.07) is 18.7. The monoisotopic (exact) mass is 387 g/mol. The molecule has 0 amide bonds. The number of anilines is 1. The number of para-hydroxylation sites is 1. The molecule has 0 aliphatic rings. The molecule has 0 atom stereocenters. The van der Waals surface area contributed by atoms with Gasteiger partial charge in [0.25, 0.3) is 0 Å². The lowest BCUT2D eigenvalue weighted by atomic mass is 10.2. The van der Waals surface area contributed by atoms with E-state index in [2.05, 4.69) is 15.0 Å². The van der Waals surface area contributed by atoms with Crippen LogP contribution in [0.15, 0.2) is 73.2 Å². The molecule has 0 aliphatic carbocycles. The van der Waals surface area contributed by atoms with Gasteiger partial charge in [-0.05, 0) is 17.7 Å². The Kier molecular flexibility index (Phi) is 4.98. The summed E-state index contributed by atoms with van der Waals surface area (Å²) in [6.45, 7) is 0.452. The molecule has 0 N–H and O–H groups in total. The van der Waals surface area contributed by atoms with Gasteiger partial charge in [-0.15, -0.1) is 0 Å². The third-order valence-corrected chi connectivity index (χ3v) is 4.38. The largest absolute Gasteiger partial charge is 0.431 e. The van der Waals surface area contributed by atoms with Gasteiger partial charge >= 0.3 is 11.6 Å². The van der Waals surface area contributed by atoms with Gasteiger partial charge < -0.3 is 9.64 Å². The second-order valence-corrected chi connectivity index (χ2v) is 6.38. The molecule has 2 aromatic carbocycles. The first-order valence-corrected chi connectivity index (χ1v) is 8.89. The first-order chi connectivity index (χ1) is 14.1. The van der Waals surface area contributed by atoms with Crippen molar-refractivity contribution in [2.45, 2.75) is 6.54 Å². The van der Waals surface area contributed by atoms with Crippen LogP contribution < -0.4 is 9.64 Å². The van der Waals surface area contributed by atoms with Crippen LogP contribution in [-0.4, -0.2) is 26.9 Å². The predicted molar refractivity (Wildman–Crippen MR) is 109 cm³/mol. The lowest BCUT2D eigenvalue weighted by Crippen LogP contribution is -2.19. The zero-order valence-electron chi connectivity index (χ0n) is 15.6. The second kappa shape index (κ2) is 7.89. The van der Waals surface area contributed by atoms with Crippen LogP contribution in [-0.2, 0) is 6.54 Å². The third kappa shape index (κ3) is 3.81. The molecule has 29 heavy (non-hydrogen) atoms. The van der Waals surface area contributed by atoms with Gasteiger partial charge in [-0.2, -0.15) is 4.98 Å². The van der Waals surface area contributed by atoms with Crippen LogP contribution in [0.2, 0.25) is 0 Å². The fourth-order valence-electron chi connectivity index (χ4n) is 3.06. The summed E-state index contributed by atoms with van der Waals surface area (Å²) >= 11 is 0. The summed E-state index contributed by atoms with van der Waals surface area (Å²) < 4.78 is 5.84. The SMILES string of the molecule is CN(Cc1ccccc1)c1ncnc(Oc2cccc3cccnc23)c1[N+](=O)[O-]. The van der Waals surface area contributed by atoms with Gasteiger partial charge in [0.15, 0.2) is 5.75 Å². The molecule has 144 valence electrons. The number of nitro groups is 1. The minimum absolute atomic E-state index is 0.127. The highest BCUT2D eigenvalue weighted by atomic mass is 16.6. The molecule has 0 aliphatic heterocycles. The summed E-state index contributed by atoms with van der Waals surface area (Å²) in [6.07, 6.45) is 2.90. The predicted octanol–water partition coefficient (Wildman–Crippen LogP) is 4.36. The Balaban J connectivity index is 1.72. The highest BCUT2D eigenvalue weighted by Gasteiger charge is 2.28. The zero-order chi connectivity index (χ0) is 20.2. The smallest absolute Gasteiger partial charge is 0.373 e. The number of rotatable bonds is 6. The van der Waals surface area contributed by atoms with Gasteiger partial charge in [0.05, 0.1) is 4.92 Å². The Morgan fingerprint density at radius 1 is 1.00 bits per heavy atom. The van der Waals surface area contributed by atoms with Gasteiger partial charge in [0.2, 0.25) is 5.82 Å². The van der Waals surface area contributed by atoms with Crippen LogP contribution in [0.1, 0.15) is 5.56 Å². The maximum absolute atomic E-state index is 11.9. The number of benzene rings is 2. The molecule has 0 bridgehead atoms. The van der Waals surface area contributed by atoms with Crippen LogP contribution in [0.5, 0.6) is 11.6 Å². The molecule has 8 nitrogen and oxygen atoms in total. The number of nitrogens with zero attached hydrogens (tertiary/aromatic N) is 5. The molecular formula is C21H17N5O3. The van der Waals surface area contributed by atoms with Crippen LogP contribution in [0, 0.1) is 10.1 Å². The zero-order valence-corrected chi connectivity index (χ0v) is 15.6. The molecule has 4 rings (SSSR count).